The van der Waals surface area contributed by atoms with Gasteiger partial charge >= 0.3 is 0 Å². The van der Waals surface area contributed by atoms with Crippen LogP contribution in [0.4, 0.5) is 0 Å². The highest BCUT2D eigenvalue weighted by atomic mass is 16.5. The maximum absolute atomic E-state index is 12.3. The lowest BCUT2D eigenvalue weighted by atomic mass is 9.97. The number of nitrogens with one attached hydrogen (secondary N) is 1. The number of hydrogen-bond donors (Lipinski definition) is 1. The van der Waals surface area contributed by atoms with Crippen LogP contribution in [-0.2, 0) is 0 Å². The lowest BCUT2D eigenvalue weighted by Gasteiger charge is -2.31. The SMILES string of the molecule is O=C(c1cn[nH]c1)N1CCC(COc2ccc3nccn3n2)CC1. The maximum Gasteiger partial charge on any atom is 0.257 e. The largest absolute Gasteiger partial charge is 0.476 e. The van der Waals surface area contributed by atoms with Crippen LogP contribution in [0, 0.1) is 5.92 Å². The van der Waals surface area contributed by atoms with Crippen molar-refractivity contribution < 1.29 is 9.53 Å². The molecule has 0 aromatic carbocycles. The number of hydrogen-bond acceptors (Lipinski definition) is 5. The second-order valence-corrected chi connectivity index (χ2v) is 5.94. The fourth-order valence-corrected chi connectivity index (χ4v) is 2.93. The number of H-pyrrole nitrogens is 1. The Hall–Kier alpha value is -2.90. The Kier molecular flexibility index (Phi) is 3.86. The molecule has 1 N–H and O–H groups in total. The fraction of sp³-hybridized carbons (Fsp3) is 0.375. The van der Waals surface area contributed by atoms with Gasteiger partial charge in [0.2, 0.25) is 5.88 Å². The van der Waals surface area contributed by atoms with Crippen LogP contribution in [0.3, 0.4) is 0 Å². The highest BCUT2D eigenvalue weighted by Crippen LogP contribution is 2.20. The summed E-state index contributed by atoms with van der Waals surface area (Å²) in [4.78, 5) is 18.3. The van der Waals surface area contributed by atoms with E-state index in [1.54, 1.807) is 29.3 Å². The van der Waals surface area contributed by atoms with Crippen molar-refractivity contribution in [3.63, 3.8) is 0 Å². The highest BCUT2D eigenvalue weighted by molar-refractivity contribution is 5.93. The summed E-state index contributed by atoms with van der Waals surface area (Å²) < 4.78 is 7.51. The third kappa shape index (κ3) is 2.94. The third-order valence-electron chi connectivity index (χ3n) is 4.34. The molecule has 4 heterocycles. The fourth-order valence-electron chi connectivity index (χ4n) is 2.93. The first-order valence-electron chi connectivity index (χ1n) is 8.01. The van der Waals surface area contributed by atoms with Crippen molar-refractivity contribution in [2.24, 2.45) is 5.92 Å². The number of carbonyl (C=O) groups excluding carboxylic acids is 1. The molecule has 0 spiro atoms. The standard InChI is InChI=1S/C16H18N6O2/c23-16(13-9-18-19-10-13)21-6-3-12(4-7-21)11-24-15-2-1-14-17-5-8-22(14)20-15/h1-2,5,8-10,12H,3-4,6-7,11H2,(H,18,19). The molecule has 1 amide bonds. The van der Waals surface area contributed by atoms with E-state index >= 15 is 0 Å². The number of nitrogens with zero attached hydrogens (tertiary/aromatic N) is 5. The number of amides is 1. The molecule has 0 bridgehead atoms. The Morgan fingerprint density at radius 1 is 1.33 bits per heavy atom. The summed E-state index contributed by atoms with van der Waals surface area (Å²) in [6.07, 6.45) is 8.56. The van der Waals surface area contributed by atoms with E-state index in [0.717, 1.165) is 31.6 Å². The molecule has 1 saturated heterocycles. The molecule has 0 aliphatic carbocycles. The molecule has 0 unspecified atom stereocenters. The average Bonchev–Trinajstić information content (AvgIpc) is 3.31. The molecule has 1 aliphatic heterocycles. The summed E-state index contributed by atoms with van der Waals surface area (Å²) >= 11 is 0. The second kappa shape index (κ2) is 6.31. The average molecular weight is 326 g/mol. The minimum Gasteiger partial charge on any atom is -0.476 e. The van der Waals surface area contributed by atoms with Gasteiger partial charge in [-0.15, -0.1) is 5.10 Å². The molecule has 24 heavy (non-hydrogen) atoms. The molecule has 4 rings (SSSR count). The molecule has 8 nitrogen and oxygen atoms in total. The van der Waals surface area contributed by atoms with Crippen LogP contribution in [0.1, 0.15) is 23.2 Å². The first-order chi connectivity index (χ1) is 11.8. The minimum absolute atomic E-state index is 0.0374. The molecule has 124 valence electrons. The first-order valence-corrected chi connectivity index (χ1v) is 8.01. The summed E-state index contributed by atoms with van der Waals surface area (Å²) in [5.41, 5.74) is 1.41. The van der Waals surface area contributed by atoms with Crippen LogP contribution < -0.4 is 4.74 Å². The van der Waals surface area contributed by atoms with Gasteiger partial charge in [0.05, 0.1) is 18.4 Å². The monoisotopic (exact) mass is 326 g/mol. The zero-order valence-corrected chi connectivity index (χ0v) is 13.1. The zero-order valence-electron chi connectivity index (χ0n) is 13.1. The van der Waals surface area contributed by atoms with Crippen LogP contribution in [0.25, 0.3) is 5.65 Å². The van der Waals surface area contributed by atoms with E-state index in [1.165, 1.54) is 0 Å². The van der Waals surface area contributed by atoms with Gasteiger partial charge in [-0.2, -0.15) is 5.10 Å². The molecule has 0 saturated carbocycles. The Morgan fingerprint density at radius 3 is 3.00 bits per heavy atom. The Morgan fingerprint density at radius 2 is 2.21 bits per heavy atom. The molecule has 8 heteroatoms. The van der Waals surface area contributed by atoms with E-state index in [9.17, 15) is 4.79 Å². The number of ether oxygens (including phenoxy) is 1. The predicted octanol–water partition coefficient (Wildman–Crippen LogP) is 1.38. The molecular formula is C16H18N6O2. The topological polar surface area (TPSA) is 88.4 Å². The normalized spacial score (nSPS) is 15.8. The molecule has 1 fully saturated rings. The Labute approximate surface area is 138 Å². The van der Waals surface area contributed by atoms with Crippen LogP contribution in [0.5, 0.6) is 5.88 Å². The first kappa shape index (κ1) is 14.7. The van der Waals surface area contributed by atoms with Gasteiger partial charge < -0.3 is 9.64 Å². The summed E-state index contributed by atoms with van der Waals surface area (Å²) in [6, 6.07) is 3.72. The second-order valence-electron chi connectivity index (χ2n) is 5.94. The summed E-state index contributed by atoms with van der Waals surface area (Å²) in [5, 5.41) is 10.9. The van der Waals surface area contributed by atoms with E-state index in [1.807, 2.05) is 17.0 Å². The van der Waals surface area contributed by atoms with Gasteiger partial charge in [-0.25, -0.2) is 9.50 Å². The third-order valence-corrected chi connectivity index (χ3v) is 4.34. The van der Waals surface area contributed by atoms with Gasteiger partial charge in [-0.05, 0) is 24.8 Å². The Bertz CT molecular complexity index is 820. The quantitative estimate of drug-likeness (QED) is 0.782. The van der Waals surface area contributed by atoms with Gasteiger partial charge in [0, 0.05) is 37.7 Å². The van der Waals surface area contributed by atoms with E-state index in [-0.39, 0.29) is 5.91 Å². The molecule has 3 aromatic heterocycles. The number of likely N-dealkylation sites (tertiary alicyclic amines) is 1. The maximum atomic E-state index is 12.3. The molecule has 1 aliphatic rings. The Balaban J connectivity index is 1.29. The molecule has 0 radical (unpaired) electrons. The minimum atomic E-state index is 0.0374. The summed E-state index contributed by atoms with van der Waals surface area (Å²) in [6.45, 7) is 2.10. The number of carbonyl (C=O) groups is 1. The highest BCUT2D eigenvalue weighted by Gasteiger charge is 2.24. The van der Waals surface area contributed by atoms with Crippen LogP contribution in [-0.4, -0.2) is 55.3 Å². The van der Waals surface area contributed by atoms with Crippen molar-refractivity contribution in [3.8, 4) is 5.88 Å². The van der Waals surface area contributed by atoms with Gasteiger partial charge in [0.1, 0.15) is 0 Å². The number of fused-ring (bicyclic) bond motifs is 1. The van der Waals surface area contributed by atoms with E-state index < -0.39 is 0 Å². The summed E-state index contributed by atoms with van der Waals surface area (Å²) in [7, 11) is 0. The molecular weight excluding hydrogens is 308 g/mol. The van der Waals surface area contributed by atoms with Crippen LogP contribution in [0.15, 0.2) is 36.9 Å². The van der Waals surface area contributed by atoms with Crippen LogP contribution in [0.2, 0.25) is 0 Å². The van der Waals surface area contributed by atoms with Crippen molar-refractivity contribution in [1.82, 2.24) is 29.7 Å². The number of rotatable bonds is 4. The van der Waals surface area contributed by atoms with Crippen LogP contribution >= 0.6 is 0 Å². The lowest BCUT2D eigenvalue weighted by molar-refractivity contribution is 0.0659. The van der Waals surface area contributed by atoms with Gasteiger partial charge in [-0.1, -0.05) is 0 Å². The van der Waals surface area contributed by atoms with E-state index in [4.69, 9.17) is 4.74 Å². The number of piperidine rings is 1. The van der Waals surface area contributed by atoms with Crippen molar-refractivity contribution in [3.05, 3.63) is 42.5 Å². The van der Waals surface area contributed by atoms with Gasteiger partial charge in [0.15, 0.2) is 5.65 Å². The number of aromatic nitrogens is 5. The van der Waals surface area contributed by atoms with E-state index in [2.05, 4.69) is 20.3 Å². The zero-order chi connectivity index (χ0) is 16.4. The van der Waals surface area contributed by atoms with Crippen molar-refractivity contribution in [2.75, 3.05) is 19.7 Å². The lowest BCUT2D eigenvalue weighted by Crippen LogP contribution is -2.39. The molecule has 3 aromatic rings. The van der Waals surface area contributed by atoms with Crippen molar-refractivity contribution >= 4 is 11.6 Å². The van der Waals surface area contributed by atoms with Gasteiger partial charge in [0.25, 0.3) is 5.91 Å². The number of imidazole rings is 1. The van der Waals surface area contributed by atoms with E-state index in [0.29, 0.717) is 24.0 Å². The van der Waals surface area contributed by atoms with Crippen molar-refractivity contribution in [1.29, 1.82) is 0 Å². The number of aromatic amines is 1. The van der Waals surface area contributed by atoms with Crippen molar-refractivity contribution in [2.45, 2.75) is 12.8 Å². The summed E-state index contributed by atoms with van der Waals surface area (Å²) in [5.74, 6) is 1.06. The smallest absolute Gasteiger partial charge is 0.257 e. The molecule has 0 atom stereocenters. The van der Waals surface area contributed by atoms with Gasteiger partial charge in [-0.3, -0.25) is 9.89 Å². The predicted molar refractivity (Wildman–Crippen MR) is 85.7 cm³/mol.